The Morgan fingerprint density at radius 2 is 2.23 bits per heavy atom. The third kappa shape index (κ3) is 6.57. The summed E-state index contributed by atoms with van der Waals surface area (Å²) in [7, 11) is 0. The minimum absolute atomic E-state index is 0. The number of carbonyl (C=O) groups excluding carboxylic acids is 1. The normalized spacial score (nSPS) is 20.3. The van der Waals surface area contributed by atoms with Crippen LogP contribution in [0.15, 0.2) is 18.3 Å². The van der Waals surface area contributed by atoms with Gasteiger partial charge in [-0.1, -0.05) is 18.0 Å². The SMILES string of the molecule is Cl.Cl.NC1CCCC(C(=O)NCCOc2ncccc2Cl)C1. The maximum Gasteiger partial charge on any atom is 0.232 e. The quantitative estimate of drug-likeness (QED) is 0.781. The van der Waals surface area contributed by atoms with Gasteiger partial charge < -0.3 is 15.8 Å². The van der Waals surface area contributed by atoms with E-state index in [1.54, 1.807) is 18.3 Å². The fourth-order valence-electron chi connectivity index (χ4n) is 2.41. The molecular weight excluding hydrogens is 349 g/mol. The molecule has 2 rings (SSSR count). The van der Waals surface area contributed by atoms with Crippen molar-refractivity contribution >= 4 is 42.3 Å². The van der Waals surface area contributed by atoms with Crippen LogP contribution >= 0.6 is 36.4 Å². The summed E-state index contributed by atoms with van der Waals surface area (Å²) in [6.45, 7) is 0.790. The van der Waals surface area contributed by atoms with Crippen LogP contribution in [0.4, 0.5) is 0 Å². The number of aromatic nitrogens is 1. The van der Waals surface area contributed by atoms with Gasteiger partial charge in [0.25, 0.3) is 0 Å². The molecule has 0 bridgehead atoms. The highest BCUT2D eigenvalue weighted by Gasteiger charge is 2.24. The Hall–Kier alpha value is -0.750. The molecule has 22 heavy (non-hydrogen) atoms. The van der Waals surface area contributed by atoms with E-state index in [0.717, 1.165) is 25.7 Å². The highest BCUT2D eigenvalue weighted by molar-refractivity contribution is 6.31. The van der Waals surface area contributed by atoms with Crippen LogP contribution in [-0.2, 0) is 4.79 Å². The summed E-state index contributed by atoms with van der Waals surface area (Å²) in [5.41, 5.74) is 5.88. The number of hydrogen-bond donors (Lipinski definition) is 2. The number of nitrogens with zero attached hydrogens (tertiary/aromatic N) is 1. The van der Waals surface area contributed by atoms with Crippen LogP contribution in [0.2, 0.25) is 5.02 Å². The molecule has 0 radical (unpaired) electrons. The third-order valence-electron chi connectivity index (χ3n) is 3.45. The van der Waals surface area contributed by atoms with Gasteiger partial charge in [-0.2, -0.15) is 0 Å². The fraction of sp³-hybridized carbons (Fsp3) is 0.571. The Balaban J connectivity index is 0.00000220. The summed E-state index contributed by atoms with van der Waals surface area (Å²) in [5.74, 6) is 0.496. The number of nitrogens with two attached hydrogens (primary N) is 1. The Bertz CT molecular complexity index is 463. The highest BCUT2D eigenvalue weighted by atomic mass is 35.5. The van der Waals surface area contributed by atoms with E-state index in [9.17, 15) is 4.79 Å². The Morgan fingerprint density at radius 3 is 2.91 bits per heavy atom. The molecule has 1 amide bonds. The zero-order valence-electron chi connectivity index (χ0n) is 12.2. The van der Waals surface area contributed by atoms with E-state index in [2.05, 4.69) is 10.3 Å². The van der Waals surface area contributed by atoms with Gasteiger partial charge in [-0.05, 0) is 31.4 Å². The molecule has 1 saturated carbocycles. The van der Waals surface area contributed by atoms with Gasteiger partial charge in [-0.25, -0.2) is 4.98 Å². The Labute approximate surface area is 148 Å². The summed E-state index contributed by atoms with van der Waals surface area (Å²) in [4.78, 5) is 16.0. The van der Waals surface area contributed by atoms with Gasteiger partial charge in [0.1, 0.15) is 11.6 Å². The molecule has 1 heterocycles. The van der Waals surface area contributed by atoms with Crippen molar-refractivity contribution in [2.24, 2.45) is 11.7 Å². The predicted octanol–water partition coefficient (Wildman–Crippen LogP) is 2.59. The lowest BCUT2D eigenvalue weighted by Gasteiger charge is -2.25. The molecule has 0 aliphatic heterocycles. The van der Waals surface area contributed by atoms with E-state index in [1.165, 1.54) is 0 Å². The zero-order chi connectivity index (χ0) is 14.4. The second-order valence-electron chi connectivity index (χ2n) is 5.05. The number of hydrogen-bond acceptors (Lipinski definition) is 4. The maximum atomic E-state index is 12.0. The van der Waals surface area contributed by atoms with Gasteiger partial charge in [-0.3, -0.25) is 4.79 Å². The summed E-state index contributed by atoms with van der Waals surface area (Å²) in [6, 6.07) is 3.61. The van der Waals surface area contributed by atoms with Crippen molar-refractivity contribution in [1.29, 1.82) is 0 Å². The van der Waals surface area contributed by atoms with Crippen LogP contribution in [0.1, 0.15) is 25.7 Å². The Morgan fingerprint density at radius 1 is 1.45 bits per heavy atom. The number of amides is 1. The van der Waals surface area contributed by atoms with Gasteiger partial charge in [0, 0.05) is 18.2 Å². The first-order valence-electron chi connectivity index (χ1n) is 6.93. The first-order valence-corrected chi connectivity index (χ1v) is 7.31. The number of carbonyl (C=O) groups is 1. The summed E-state index contributed by atoms with van der Waals surface area (Å²) >= 11 is 5.91. The van der Waals surface area contributed by atoms with E-state index < -0.39 is 0 Å². The van der Waals surface area contributed by atoms with Crippen LogP contribution < -0.4 is 15.8 Å². The summed E-state index contributed by atoms with van der Waals surface area (Å²) < 4.78 is 5.41. The number of rotatable bonds is 5. The molecule has 2 unspecified atom stereocenters. The molecular formula is C14H22Cl3N3O2. The average Bonchev–Trinajstić information content (AvgIpc) is 2.45. The van der Waals surface area contributed by atoms with Crippen LogP contribution in [0.25, 0.3) is 0 Å². The van der Waals surface area contributed by atoms with Gasteiger partial charge >= 0.3 is 0 Å². The van der Waals surface area contributed by atoms with Crippen molar-refractivity contribution in [2.75, 3.05) is 13.2 Å². The molecule has 0 spiro atoms. The molecule has 1 aliphatic carbocycles. The van der Waals surface area contributed by atoms with Crippen LogP contribution in [0.5, 0.6) is 5.88 Å². The van der Waals surface area contributed by atoms with Crippen molar-refractivity contribution in [3.63, 3.8) is 0 Å². The largest absolute Gasteiger partial charge is 0.475 e. The predicted molar refractivity (Wildman–Crippen MR) is 92.2 cm³/mol. The molecule has 8 heteroatoms. The molecule has 0 aromatic carbocycles. The summed E-state index contributed by atoms with van der Waals surface area (Å²) in [6.07, 6.45) is 5.36. The van der Waals surface area contributed by atoms with E-state index in [-0.39, 0.29) is 42.7 Å². The second kappa shape index (κ2) is 10.9. The number of nitrogens with one attached hydrogen (secondary N) is 1. The van der Waals surface area contributed by atoms with Gasteiger partial charge in [0.2, 0.25) is 11.8 Å². The number of ether oxygens (including phenoxy) is 1. The molecule has 1 aromatic heterocycles. The van der Waals surface area contributed by atoms with E-state index in [4.69, 9.17) is 22.1 Å². The number of pyridine rings is 1. The number of halogens is 3. The minimum Gasteiger partial charge on any atom is -0.475 e. The van der Waals surface area contributed by atoms with E-state index >= 15 is 0 Å². The lowest BCUT2D eigenvalue weighted by molar-refractivity contribution is -0.126. The first-order chi connectivity index (χ1) is 9.66. The van der Waals surface area contributed by atoms with E-state index in [0.29, 0.717) is 24.1 Å². The van der Waals surface area contributed by atoms with Crippen molar-refractivity contribution in [3.8, 4) is 5.88 Å². The van der Waals surface area contributed by atoms with Crippen LogP contribution in [0.3, 0.4) is 0 Å². The zero-order valence-corrected chi connectivity index (χ0v) is 14.6. The van der Waals surface area contributed by atoms with Crippen molar-refractivity contribution in [1.82, 2.24) is 10.3 Å². The van der Waals surface area contributed by atoms with Gasteiger partial charge in [0.05, 0.1) is 6.54 Å². The van der Waals surface area contributed by atoms with Gasteiger partial charge in [-0.15, -0.1) is 24.8 Å². The van der Waals surface area contributed by atoms with Crippen LogP contribution in [0, 0.1) is 5.92 Å². The monoisotopic (exact) mass is 369 g/mol. The summed E-state index contributed by atoms with van der Waals surface area (Å²) in [5, 5.41) is 3.34. The molecule has 2 atom stereocenters. The third-order valence-corrected chi connectivity index (χ3v) is 3.74. The van der Waals surface area contributed by atoms with E-state index in [1.807, 2.05) is 0 Å². The molecule has 5 nitrogen and oxygen atoms in total. The van der Waals surface area contributed by atoms with Crippen molar-refractivity contribution < 1.29 is 9.53 Å². The van der Waals surface area contributed by atoms with Gasteiger partial charge in [0.15, 0.2) is 0 Å². The van der Waals surface area contributed by atoms with Crippen LogP contribution in [-0.4, -0.2) is 30.1 Å². The minimum atomic E-state index is 0. The Kier molecular flexibility index (Phi) is 10.5. The molecule has 1 aromatic rings. The molecule has 1 fully saturated rings. The average molecular weight is 371 g/mol. The molecule has 3 N–H and O–H groups in total. The maximum absolute atomic E-state index is 12.0. The van der Waals surface area contributed by atoms with Crippen molar-refractivity contribution in [3.05, 3.63) is 23.4 Å². The smallest absolute Gasteiger partial charge is 0.232 e. The topological polar surface area (TPSA) is 77.2 Å². The molecule has 126 valence electrons. The lowest BCUT2D eigenvalue weighted by Crippen LogP contribution is -2.39. The molecule has 0 saturated heterocycles. The second-order valence-corrected chi connectivity index (χ2v) is 5.46. The first kappa shape index (κ1) is 21.2. The van der Waals surface area contributed by atoms with Crippen molar-refractivity contribution in [2.45, 2.75) is 31.7 Å². The standard InChI is InChI=1S/C14H20ClN3O2.2ClH/c15-12-5-2-6-18-14(12)20-8-7-17-13(19)10-3-1-4-11(16)9-10;;/h2,5-6,10-11H,1,3-4,7-9,16H2,(H,17,19);2*1H. The lowest BCUT2D eigenvalue weighted by atomic mass is 9.85. The fourth-order valence-corrected chi connectivity index (χ4v) is 2.59. The highest BCUT2D eigenvalue weighted by Crippen LogP contribution is 2.23. The molecule has 1 aliphatic rings.